The highest BCUT2D eigenvalue weighted by atomic mass is 15.3. The van der Waals surface area contributed by atoms with Gasteiger partial charge >= 0.3 is 0 Å². The van der Waals surface area contributed by atoms with Crippen LogP contribution in [0.2, 0.25) is 0 Å². The third-order valence-corrected chi connectivity index (χ3v) is 4.36. The lowest BCUT2D eigenvalue weighted by Gasteiger charge is -2.39. The van der Waals surface area contributed by atoms with E-state index in [1.54, 1.807) is 0 Å². The van der Waals surface area contributed by atoms with Crippen molar-refractivity contribution in [3.05, 3.63) is 17.5 Å². The first kappa shape index (κ1) is 16.2. The Kier molecular flexibility index (Phi) is 5.57. The van der Waals surface area contributed by atoms with Crippen LogP contribution in [0.1, 0.15) is 64.3 Å². The van der Waals surface area contributed by atoms with Crippen LogP contribution in [0.3, 0.4) is 0 Å². The Labute approximate surface area is 129 Å². The van der Waals surface area contributed by atoms with Gasteiger partial charge in [0.2, 0.25) is 5.95 Å². The van der Waals surface area contributed by atoms with Gasteiger partial charge in [-0.05, 0) is 51.6 Å². The third-order valence-electron chi connectivity index (χ3n) is 4.36. The molecule has 1 saturated heterocycles. The van der Waals surface area contributed by atoms with Gasteiger partial charge in [0, 0.05) is 30.0 Å². The summed E-state index contributed by atoms with van der Waals surface area (Å²) in [7, 11) is 0. The Balaban J connectivity index is 2.28. The monoisotopic (exact) mass is 290 g/mol. The summed E-state index contributed by atoms with van der Waals surface area (Å²) < 4.78 is 0. The normalized spacial score (nSPS) is 20.9. The van der Waals surface area contributed by atoms with Crippen molar-refractivity contribution in [2.24, 2.45) is 0 Å². The van der Waals surface area contributed by atoms with Gasteiger partial charge in [-0.25, -0.2) is 9.97 Å². The van der Waals surface area contributed by atoms with Gasteiger partial charge < -0.3 is 10.2 Å². The first-order valence-electron chi connectivity index (χ1n) is 8.38. The van der Waals surface area contributed by atoms with E-state index in [9.17, 15) is 0 Å². The van der Waals surface area contributed by atoms with E-state index in [1.807, 2.05) is 0 Å². The standard InChI is InChI=1S/C17H30N4/c1-6-18-14(5)16-9-7-8-10-21(16)17-19-13(4)11-15(20-17)12(2)3/h11-12,14,16,18H,6-10H2,1-5H3. The molecule has 2 rings (SSSR count). The highest BCUT2D eigenvalue weighted by Crippen LogP contribution is 2.25. The number of hydrogen-bond acceptors (Lipinski definition) is 4. The minimum Gasteiger partial charge on any atom is -0.336 e. The zero-order chi connectivity index (χ0) is 15.4. The first-order valence-corrected chi connectivity index (χ1v) is 8.38. The number of aromatic nitrogens is 2. The van der Waals surface area contributed by atoms with Crippen LogP contribution in [-0.2, 0) is 0 Å². The van der Waals surface area contributed by atoms with E-state index in [1.165, 1.54) is 19.3 Å². The van der Waals surface area contributed by atoms with Crippen molar-refractivity contribution < 1.29 is 0 Å². The average Bonchev–Trinajstić information content (AvgIpc) is 2.46. The van der Waals surface area contributed by atoms with Crippen LogP contribution in [0, 0.1) is 6.92 Å². The largest absolute Gasteiger partial charge is 0.336 e. The third kappa shape index (κ3) is 3.94. The van der Waals surface area contributed by atoms with Gasteiger partial charge in [0.1, 0.15) is 0 Å². The van der Waals surface area contributed by atoms with Gasteiger partial charge in [0.05, 0.1) is 0 Å². The van der Waals surface area contributed by atoms with Crippen LogP contribution in [0.25, 0.3) is 0 Å². The summed E-state index contributed by atoms with van der Waals surface area (Å²) in [6.07, 6.45) is 3.77. The Morgan fingerprint density at radius 3 is 2.71 bits per heavy atom. The molecule has 0 spiro atoms. The summed E-state index contributed by atoms with van der Waals surface area (Å²) in [6, 6.07) is 3.09. The fourth-order valence-electron chi connectivity index (χ4n) is 3.18. The molecule has 0 bridgehead atoms. The predicted molar refractivity (Wildman–Crippen MR) is 89.0 cm³/mol. The fraction of sp³-hybridized carbons (Fsp3) is 0.765. The molecule has 2 unspecified atom stereocenters. The van der Waals surface area contributed by atoms with Crippen LogP contribution in [0.15, 0.2) is 6.07 Å². The Hall–Kier alpha value is -1.16. The number of nitrogens with zero attached hydrogens (tertiary/aromatic N) is 3. The number of rotatable bonds is 5. The van der Waals surface area contributed by atoms with E-state index in [4.69, 9.17) is 9.97 Å². The molecule has 118 valence electrons. The van der Waals surface area contributed by atoms with Crippen molar-refractivity contribution in [3.63, 3.8) is 0 Å². The zero-order valence-corrected chi connectivity index (χ0v) is 14.2. The van der Waals surface area contributed by atoms with Gasteiger partial charge in [-0.2, -0.15) is 0 Å². The van der Waals surface area contributed by atoms with E-state index in [0.717, 1.165) is 30.4 Å². The molecule has 2 atom stereocenters. The molecule has 1 aromatic heterocycles. The van der Waals surface area contributed by atoms with Gasteiger partial charge in [-0.3, -0.25) is 0 Å². The highest BCUT2D eigenvalue weighted by Gasteiger charge is 2.29. The van der Waals surface area contributed by atoms with Crippen molar-refractivity contribution in [2.45, 2.75) is 71.9 Å². The Bertz CT molecular complexity index is 458. The van der Waals surface area contributed by atoms with Gasteiger partial charge in [0.25, 0.3) is 0 Å². The summed E-state index contributed by atoms with van der Waals surface area (Å²) in [5.41, 5.74) is 2.22. The van der Waals surface area contributed by atoms with E-state index < -0.39 is 0 Å². The van der Waals surface area contributed by atoms with Gasteiger partial charge in [-0.1, -0.05) is 20.8 Å². The second-order valence-corrected chi connectivity index (χ2v) is 6.49. The minimum absolute atomic E-state index is 0.444. The van der Waals surface area contributed by atoms with Crippen molar-refractivity contribution in [1.82, 2.24) is 15.3 Å². The molecule has 2 heterocycles. The second kappa shape index (κ2) is 7.21. The van der Waals surface area contributed by atoms with Crippen molar-refractivity contribution in [2.75, 3.05) is 18.0 Å². The minimum atomic E-state index is 0.444. The molecule has 0 aromatic carbocycles. The van der Waals surface area contributed by atoms with Crippen molar-refractivity contribution in [3.8, 4) is 0 Å². The topological polar surface area (TPSA) is 41.0 Å². The van der Waals surface area contributed by atoms with Gasteiger partial charge in [0.15, 0.2) is 0 Å². The maximum absolute atomic E-state index is 4.84. The second-order valence-electron chi connectivity index (χ2n) is 6.49. The van der Waals surface area contributed by atoms with Crippen LogP contribution in [0.5, 0.6) is 0 Å². The van der Waals surface area contributed by atoms with Crippen LogP contribution >= 0.6 is 0 Å². The molecule has 0 saturated carbocycles. The number of piperidine rings is 1. The van der Waals surface area contributed by atoms with E-state index >= 15 is 0 Å². The van der Waals surface area contributed by atoms with E-state index in [0.29, 0.717) is 18.0 Å². The number of anilines is 1. The lowest BCUT2D eigenvalue weighted by Crippen LogP contribution is -2.51. The highest BCUT2D eigenvalue weighted by molar-refractivity contribution is 5.36. The fourth-order valence-corrected chi connectivity index (χ4v) is 3.18. The average molecular weight is 290 g/mol. The van der Waals surface area contributed by atoms with E-state index in [-0.39, 0.29) is 0 Å². The number of likely N-dealkylation sites (N-methyl/N-ethyl adjacent to an activating group) is 1. The smallest absolute Gasteiger partial charge is 0.226 e. The molecule has 0 aliphatic carbocycles. The number of hydrogen-bond donors (Lipinski definition) is 1. The quantitative estimate of drug-likeness (QED) is 0.903. The molecule has 0 radical (unpaired) electrons. The number of nitrogens with one attached hydrogen (secondary N) is 1. The molecule has 4 nitrogen and oxygen atoms in total. The summed E-state index contributed by atoms with van der Waals surface area (Å²) >= 11 is 0. The molecule has 0 amide bonds. The van der Waals surface area contributed by atoms with Crippen LogP contribution < -0.4 is 10.2 Å². The van der Waals surface area contributed by atoms with Gasteiger partial charge in [-0.15, -0.1) is 0 Å². The zero-order valence-electron chi connectivity index (χ0n) is 14.2. The molecule has 1 N–H and O–H groups in total. The molecular formula is C17H30N4. The molecule has 1 aromatic rings. The lowest BCUT2D eigenvalue weighted by atomic mass is 9.96. The lowest BCUT2D eigenvalue weighted by molar-refractivity contribution is 0.367. The SMILES string of the molecule is CCNC(C)C1CCCCN1c1nc(C)cc(C(C)C)n1. The maximum atomic E-state index is 4.84. The number of aryl methyl sites for hydroxylation is 1. The summed E-state index contributed by atoms with van der Waals surface area (Å²) in [4.78, 5) is 12.0. The Morgan fingerprint density at radius 2 is 2.05 bits per heavy atom. The Morgan fingerprint density at radius 1 is 1.29 bits per heavy atom. The molecule has 1 aliphatic heterocycles. The van der Waals surface area contributed by atoms with Crippen molar-refractivity contribution >= 4 is 5.95 Å². The van der Waals surface area contributed by atoms with Crippen LogP contribution in [0.4, 0.5) is 5.95 Å². The first-order chi connectivity index (χ1) is 10.0. The molecule has 1 aliphatic rings. The molecule has 21 heavy (non-hydrogen) atoms. The van der Waals surface area contributed by atoms with E-state index in [2.05, 4.69) is 50.9 Å². The van der Waals surface area contributed by atoms with Crippen LogP contribution in [-0.4, -0.2) is 35.1 Å². The molecular weight excluding hydrogens is 260 g/mol. The summed E-state index contributed by atoms with van der Waals surface area (Å²) in [5.74, 6) is 1.37. The van der Waals surface area contributed by atoms with Crippen molar-refractivity contribution in [1.29, 1.82) is 0 Å². The summed E-state index contributed by atoms with van der Waals surface area (Å²) in [5, 5.41) is 3.57. The maximum Gasteiger partial charge on any atom is 0.226 e. The molecule has 4 heteroatoms. The summed E-state index contributed by atoms with van der Waals surface area (Å²) in [6.45, 7) is 13.0. The predicted octanol–water partition coefficient (Wildman–Crippen LogP) is 3.27. The molecule has 1 fully saturated rings.